The van der Waals surface area contributed by atoms with Gasteiger partial charge in [0.15, 0.2) is 0 Å². The van der Waals surface area contributed by atoms with Gasteiger partial charge in [0.25, 0.3) is 0 Å². The van der Waals surface area contributed by atoms with Gasteiger partial charge < -0.3 is 10.1 Å². The molecule has 22 heavy (non-hydrogen) atoms. The zero-order valence-corrected chi connectivity index (χ0v) is 14.2. The van der Waals surface area contributed by atoms with E-state index in [0.717, 1.165) is 24.9 Å². The molecule has 3 rings (SSSR count). The third kappa shape index (κ3) is 2.92. The second-order valence-electron chi connectivity index (χ2n) is 6.53. The molecule has 0 aliphatic carbocycles. The Morgan fingerprint density at radius 3 is 2.68 bits per heavy atom. The van der Waals surface area contributed by atoms with Gasteiger partial charge in [0.1, 0.15) is 5.78 Å². The fourth-order valence-electron chi connectivity index (χ4n) is 3.72. The van der Waals surface area contributed by atoms with Crippen molar-refractivity contribution in [2.24, 2.45) is 11.3 Å². The zero-order valence-electron chi connectivity index (χ0n) is 12.7. The molecule has 2 fully saturated rings. The molecule has 0 unspecified atom stereocenters. The topological polar surface area (TPSA) is 38.3 Å². The third-order valence-electron chi connectivity index (χ3n) is 5.11. The molecule has 3 nitrogen and oxygen atoms in total. The maximum atomic E-state index is 13.1. The average molecular weight is 342 g/mol. The minimum atomic E-state index is -0.390. The van der Waals surface area contributed by atoms with Crippen LogP contribution in [0.1, 0.15) is 31.2 Å². The first kappa shape index (κ1) is 16.3. The number of ketones is 1. The molecule has 0 amide bonds. The van der Waals surface area contributed by atoms with Gasteiger partial charge in [-0.3, -0.25) is 4.79 Å². The van der Waals surface area contributed by atoms with E-state index < -0.39 is 0 Å². The molecule has 2 heterocycles. The van der Waals surface area contributed by atoms with Crippen molar-refractivity contribution in [3.05, 3.63) is 33.8 Å². The molecule has 0 aromatic heterocycles. The van der Waals surface area contributed by atoms with Crippen LogP contribution in [0.4, 0.5) is 0 Å². The zero-order chi connectivity index (χ0) is 15.7. The average Bonchev–Trinajstić information content (AvgIpc) is 2.93. The van der Waals surface area contributed by atoms with Crippen LogP contribution in [0.15, 0.2) is 18.2 Å². The van der Waals surface area contributed by atoms with Crippen LogP contribution in [0.3, 0.4) is 0 Å². The second kappa shape index (κ2) is 6.48. The first-order valence-electron chi connectivity index (χ1n) is 7.80. The number of rotatable bonds is 3. The van der Waals surface area contributed by atoms with Crippen molar-refractivity contribution in [2.45, 2.75) is 25.7 Å². The highest BCUT2D eigenvalue weighted by molar-refractivity contribution is 6.42. The summed E-state index contributed by atoms with van der Waals surface area (Å²) in [6.45, 7) is 4.98. The molecule has 2 atom stereocenters. The first-order chi connectivity index (χ1) is 10.5. The summed E-state index contributed by atoms with van der Waals surface area (Å²) in [5, 5.41) is 4.49. The van der Waals surface area contributed by atoms with Crippen LogP contribution in [0, 0.1) is 11.3 Å². The SMILES string of the molecule is C[C@]1(C(=O)C2CCOCC2)CNC[C@H]1c1ccc(Cl)c(Cl)c1. The van der Waals surface area contributed by atoms with Crippen molar-refractivity contribution < 1.29 is 9.53 Å². The molecule has 1 aromatic rings. The molecule has 1 N–H and O–H groups in total. The summed E-state index contributed by atoms with van der Waals surface area (Å²) in [4.78, 5) is 13.1. The van der Waals surface area contributed by atoms with Crippen molar-refractivity contribution in [3.8, 4) is 0 Å². The van der Waals surface area contributed by atoms with E-state index in [9.17, 15) is 4.79 Å². The molecule has 2 aliphatic rings. The highest BCUT2D eigenvalue weighted by atomic mass is 35.5. The molecule has 0 radical (unpaired) electrons. The van der Waals surface area contributed by atoms with Crippen LogP contribution in [0.25, 0.3) is 0 Å². The Morgan fingerprint density at radius 2 is 2.00 bits per heavy atom. The maximum Gasteiger partial charge on any atom is 0.143 e. The number of nitrogens with one attached hydrogen (secondary N) is 1. The number of carbonyl (C=O) groups is 1. The molecule has 120 valence electrons. The lowest BCUT2D eigenvalue weighted by atomic mass is 9.68. The molecular weight excluding hydrogens is 321 g/mol. The van der Waals surface area contributed by atoms with Crippen LogP contribution in [-0.2, 0) is 9.53 Å². The lowest BCUT2D eigenvalue weighted by Crippen LogP contribution is -2.41. The Morgan fingerprint density at radius 1 is 1.27 bits per heavy atom. The molecule has 1 aromatic carbocycles. The smallest absolute Gasteiger partial charge is 0.143 e. The number of hydrogen-bond acceptors (Lipinski definition) is 3. The normalized spacial score (nSPS) is 29.7. The van der Waals surface area contributed by atoms with Gasteiger partial charge in [0, 0.05) is 43.6 Å². The summed E-state index contributed by atoms with van der Waals surface area (Å²) in [6, 6.07) is 5.70. The van der Waals surface area contributed by atoms with Crippen molar-refractivity contribution in [1.29, 1.82) is 0 Å². The highest BCUT2D eigenvalue weighted by Crippen LogP contribution is 2.43. The van der Waals surface area contributed by atoms with Gasteiger partial charge in [0.05, 0.1) is 10.0 Å². The number of halogens is 2. The van der Waals surface area contributed by atoms with Crippen LogP contribution >= 0.6 is 23.2 Å². The minimum Gasteiger partial charge on any atom is -0.381 e. The van der Waals surface area contributed by atoms with Crippen molar-refractivity contribution in [3.63, 3.8) is 0 Å². The minimum absolute atomic E-state index is 0.115. The van der Waals surface area contributed by atoms with E-state index in [-0.39, 0.29) is 17.3 Å². The van der Waals surface area contributed by atoms with Crippen LogP contribution in [0.5, 0.6) is 0 Å². The Balaban J connectivity index is 1.87. The van der Waals surface area contributed by atoms with Gasteiger partial charge in [-0.2, -0.15) is 0 Å². The monoisotopic (exact) mass is 341 g/mol. The van der Waals surface area contributed by atoms with Gasteiger partial charge in [-0.15, -0.1) is 0 Å². The Bertz CT molecular complexity index is 572. The van der Waals surface area contributed by atoms with Gasteiger partial charge >= 0.3 is 0 Å². The summed E-state index contributed by atoms with van der Waals surface area (Å²) in [6.07, 6.45) is 1.67. The third-order valence-corrected chi connectivity index (χ3v) is 5.85. The molecule has 2 saturated heterocycles. The lowest BCUT2D eigenvalue weighted by Gasteiger charge is -2.34. The van der Waals surface area contributed by atoms with E-state index in [1.54, 1.807) is 0 Å². The fourth-order valence-corrected chi connectivity index (χ4v) is 4.03. The van der Waals surface area contributed by atoms with Crippen molar-refractivity contribution in [2.75, 3.05) is 26.3 Å². The van der Waals surface area contributed by atoms with Crippen LogP contribution in [-0.4, -0.2) is 32.1 Å². The number of carbonyl (C=O) groups excluding carboxylic acids is 1. The molecule has 0 bridgehead atoms. The number of hydrogen-bond donors (Lipinski definition) is 1. The molecule has 0 spiro atoms. The van der Waals surface area contributed by atoms with Gasteiger partial charge in [-0.25, -0.2) is 0 Å². The molecule has 5 heteroatoms. The highest BCUT2D eigenvalue weighted by Gasteiger charge is 2.47. The summed E-state index contributed by atoms with van der Waals surface area (Å²) < 4.78 is 5.39. The lowest BCUT2D eigenvalue weighted by molar-refractivity contribution is -0.134. The first-order valence-corrected chi connectivity index (χ1v) is 8.55. The van der Waals surface area contributed by atoms with Gasteiger partial charge in [-0.1, -0.05) is 36.2 Å². The number of benzene rings is 1. The summed E-state index contributed by atoms with van der Waals surface area (Å²) in [7, 11) is 0. The Hall–Kier alpha value is -0.610. The van der Waals surface area contributed by atoms with E-state index in [1.165, 1.54) is 0 Å². The van der Waals surface area contributed by atoms with Gasteiger partial charge in [0.2, 0.25) is 0 Å². The maximum absolute atomic E-state index is 13.1. The summed E-state index contributed by atoms with van der Waals surface area (Å²) in [5.74, 6) is 0.610. The molecule has 2 aliphatic heterocycles. The standard InChI is InChI=1S/C17H21Cl2NO2/c1-17(16(21)11-4-6-22-7-5-11)10-20-9-13(17)12-2-3-14(18)15(19)8-12/h2-3,8,11,13,20H,4-7,9-10H2,1H3/t13-,17-/m0/s1. The van der Waals surface area contributed by atoms with Crippen LogP contribution in [0.2, 0.25) is 10.0 Å². The number of ether oxygens (including phenoxy) is 1. The van der Waals surface area contributed by atoms with E-state index in [4.69, 9.17) is 27.9 Å². The fraction of sp³-hybridized carbons (Fsp3) is 0.588. The van der Waals surface area contributed by atoms with Gasteiger partial charge in [-0.05, 0) is 30.5 Å². The summed E-state index contributed by atoms with van der Waals surface area (Å²) >= 11 is 12.2. The number of Topliss-reactive ketones (excluding diaryl/α,β-unsaturated/α-hetero) is 1. The summed E-state index contributed by atoms with van der Waals surface area (Å²) in [5.41, 5.74) is 0.696. The Labute approximate surface area is 141 Å². The van der Waals surface area contributed by atoms with E-state index >= 15 is 0 Å². The largest absolute Gasteiger partial charge is 0.381 e. The Kier molecular flexibility index (Phi) is 4.79. The van der Waals surface area contributed by atoms with E-state index in [0.29, 0.717) is 35.6 Å². The van der Waals surface area contributed by atoms with E-state index in [2.05, 4.69) is 12.2 Å². The second-order valence-corrected chi connectivity index (χ2v) is 7.34. The molecular formula is C17H21Cl2NO2. The van der Waals surface area contributed by atoms with E-state index in [1.807, 2.05) is 18.2 Å². The van der Waals surface area contributed by atoms with Crippen LogP contribution < -0.4 is 5.32 Å². The molecule has 0 saturated carbocycles. The van der Waals surface area contributed by atoms with Crippen molar-refractivity contribution in [1.82, 2.24) is 5.32 Å². The van der Waals surface area contributed by atoms with Crippen molar-refractivity contribution >= 4 is 29.0 Å². The quantitative estimate of drug-likeness (QED) is 0.911. The predicted octanol–water partition coefficient (Wildman–Crippen LogP) is 3.68. The predicted molar refractivity (Wildman–Crippen MR) is 88.7 cm³/mol.